The molecule has 1 amide bonds. The normalized spacial score (nSPS) is 11.6. The number of hydrogen-bond donors (Lipinski definition) is 1. The number of rotatable bonds is 11. The molecule has 39 heavy (non-hydrogen) atoms. The molecule has 0 aliphatic rings. The van der Waals surface area contributed by atoms with Crippen molar-refractivity contribution in [2.45, 2.75) is 33.4 Å². The van der Waals surface area contributed by atoms with Crippen LogP contribution in [0.1, 0.15) is 26.8 Å². The Hall–Kier alpha value is -4.73. The highest BCUT2D eigenvalue weighted by Crippen LogP contribution is 2.21. The number of carbonyl (C=O) groups is 1. The van der Waals surface area contributed by atoms with Crippen LogP contribution in [0.2, 0.25) is 0 Å². The van der Waals surface area contributed by atoms with Gasteiger partial charge < -0.3 is 14.8 Å². The highest BCUT2D eigenvalue weighted by atomic mass is 16.5. The van der Waals surface area contributed by atoms with Crippen molar-refractivity contribution in [1.82, 2.24) is 24.9 Å². The molecule has 0 spiro atoms. The molecule has 10 nitrogen and oxygen atoms in total. The first-order valence-corrected chi connectivity index (χ1v) is 12.8. The van der Waals surface area contributed by atoms with E-state index >= 15 is 0 Å². The van der Waals surface area contributed by atoms with Crippen LogP contribution in [0.3, 0.4) is 0 Å². The summed E-state index contributed by atoms with van der Waals surface area (Å²) in [5.74, 6) is 1.09. The number of ether oxygens (including phenoxy) is 2. The number of carbonyl (C=O) groups excluding carboxylic acids is 1. The molecule has 4 aromatic rings. The molecule has 0 saturated carbocycles. The van der Waals surface area contributed by atoms with Gasteiger partial charge in [-0.25, -0.2) is 9.36 Å². The average Bonchev–Trinajstić information content (AvgIpc) is 2.95. The van der Waals surface area contributed by atoms with E-state index in [1.54, 1.807) is 19.1 Å². The highest BCUT2D eigenvalue weighted by molar-refractivity contribution is 5.79. The molecule has 1 N–H and O–H groups in total. The van der Waals surface area contributed by atoms with Gasteiger partial charge in [-0.3, -0.25) is 14.4 Å². The SMILES string of the molecule is CCOc1ccc(-c2ccc(=O)n(CCNC(=O)C(C)n3nc(-c4ccc(OCC)cc4)ccc3=O)n2)cc1. The second kappa shape index (κ2) is 12.7. The van der Waals surface area contributed by atoms with E-state index in [1.165, 1.54) is 16.8 Å². The third-order valence-corrected chi connectivity index (χ3v) is 5.98. The molecular weight excluding hydrogens is 498 g/mol. The van der Waals surface area contributed by atoms with Gasteiger partial charge in [0, 0.05) is 29.8 Å². The number of nitrogens with zero attached hydrogens (tertiary/aromatic N) is 4. The molecular formula is C29H31N5O5. The number of aromatic nitrogens is 4. The fourth-order valence-electron chi connectivity index (χ4n) is 3.94. The molecule has 0 saturated heterocycles. The van der Waals surface area contributed by atoms with Gasteiger partial charge in [-0.2, -0.15) is 10.2 Å². The molecule has 0 aliphatic carbocycles. The topological polar surface area (TPSA) is 117 Å². The molecule has 4 rings (SSSR count). The van der Waals surface area contributed by atoms with E-state index in [-0.39, 0.29) is 18.6 Å². The lowest BCUT2D eigenvalue weighted by Crippen LogP contribution is -2.39. The van der Waals surface area contributed by atoms with Gasteiger partial charge in [0.05, 0.1) is 31.1 Å². The Bertz CT molecular complexity index is 1530. The maximum Gasteiger partial charge on any atom is 0.267 e. The minimum Gasteiger partial charge on any atom is -0.494 e. The first kappa shape index (κ1) is 27.3. The van der Waals surface area contributed by atoms with Crippen LogP contribution in [0.25, 0.3) is 22.5 Å². The maximum atomic E-state index is 12.9. The van der Waals surface area contributed by atoms with Crippen LogP contribution in [-0.2, 0) is 11.3 Å². The van der Waals surface area contributed by atoms with Crippen molar-refractivity contribution in [3.8, 4) is 34.0 Å². The largest absolute Gasteiger partial charge is 0.494 e. The van der Waals surface area contributed by atoms with Crippen LogP contribution in [0.4, 0.5) is 0 Å². The molecule has 0 fully saturated rings. The quantitative estimate of drug-likeness (QED) is 0.317. The fraction of sp³-hybridized carbons (Fsp3) is 0.276. The molecule has 202 valence electrons. The van der Waals surface area contributed by atoms with Crippen molar-refractivity contribution in [2.24, 2.45) is 0 Å². The molecule has 2 aromatic carbocycles. The minimum atomic E-state index is -0.861. The molecule has 0 radical (unpaired) electrons. The van der Waals surface area contributed by atoms with Crippen molar-refractivity contribution in [3.63, 3.8) is 0 Å². The lowest BCUT2D eigenvalue weighted by molar-refractivity contribution is -0.124. The van der Waals surface area contributed by atoms with Crippen molar-refractivity contribution in [2.75, 3.05) is 19.8 Å². The molecule has 0 bridgehead atoms. The van der Waals surface area contributed by atoms with Crippen molar-refractivity contribution in [3.05, 3.63) is 93.5 Å². The number of hydrogen-bond acceptors (Lipinski definition) is 7. The van der Waals surface area contributed by atoms with Gasteiger partial charge in [0.2, 0.25) is 5.91 Å². The first-order chi connectivity index (χ1) is 18.9. The molecule has 2 heterocycles. The summed E-state index contributed by atoms with van der Waals surface area (Å²) in [6, 6.07) is 20.0. The Morgan fingerprint density at radius 3 is 1.82 bits per heavy atom. The average molecular weight is 530 g/mol. The van der Waals surface area contributed by atoms with Gasteiger partial charge in [-0.15, -0.1) is 0 Å². The van der Waals surface area contributed by atoms with Gasteiger partial charge >= 0.3 is 0 Å². The first-order valence-electron chi connectivity index (χ1n) is 12.8. The molecule has 2 aromatic heterocycles. The van der Waals surface area contributed by atoms with E-state index in [2.05, 4.69) is 15.5 Å². The lowest BCUT2D eigenvalue weighted by atomic mass is 10.1. The Morgan fingerprint density at radius 2 is 1.28 bits per heavy atom. The van der Waals surface area contributed by atoms with E-state index in [0.717, 1.165) is 27.3 Å². The fourth-order valence-corrected chi connectivity index (χ4v) is 3.94. The minimum absolute atomic E-state index is 0.149. The molecule has 1 atom stereocenters. The van der Waals surface area contributed by atoms with Crippen molar-refractivity contribution >= 4 is 5.91 Å². The Morgan fingerprint density at radius 1 is 0.769 bits per heavy atom. The van der Waals surface area contributed by atoms with E-state index in [4.69, 9.17) is 9.47 Å². The van der Waals surface area contributed by atoms with Gasteiger partial charge in [0.15, 0.2) is 0 Å². The Labute approximate surface area is 225 Å². The smallest absolute Gasteiger partial charge is 0.267 e. The van der Waals surface area contributed by atoms with Crippen LogP contribution in [0.15, 0.2) is 82.4 Å². The Balaban J connectivity index is 1.41. The van der Waals surface area contributed by atoms with E-state index in [9.17, 15) is 14.4 Å². The van der Waals surface area contributed by atoms with E-state index in [0.29, 0.717) is 24.6 Å². The number of amides is 1. The van der Waals surface area contributed by atoms with E-state index in [1.807, 2.05) is 62.4 Å². The zero-order valence-corrected chi connectivity index (χ0v) is 22.2. The number of benzene rings is 2. The van der Waals surface area contributed by atoms with Crippen molar-refractivity contribution < 1.29 is 14.3 Å². The van der Waals surface area contributed by atoms with Gasteiger partial charge in [-0.1, -0.05) is 0 Å². The van der Waals surface area contributed by atoms with Crippen LogP contribution in [0.5, 0.6) is 11.5 Å². The summed E-state index contributed by atoms with van der Waals surface area (Å²) in [5, 5.41) is 11.6. The standard InChI is InChI=1S/C29H31N5O5/c1-4-38-23-10-6-21(7-11-23)25-14-16-27(35)33(31-25)19-18-30-29(37)20(3)34-28(36)17-15-26(32-34)22-8-12-24(13-9-22)39-5-2/h6-17,20H,4-5,18-19H2,1-3H3,(H,30,37). The third kappa shape index (κ3) is 6.78. The number of nitrogens with one attached hydrogen (secondary N) is 1. The second-order valence-electron chi connectivity index (χ2n) is 8.66. The van der Waals surface area contributed by atoms with Crippen LogP contribution in [-0.4, -0.2) is 45.2 Å². The molecule has 1 unspecified atom stereocenters. The van der Waals surface area contributed by atoms with Crippen molar-refractivity contribution in [1.29, 1.82) is 0 Å². The summed E-state index contributed by atoms with van der Waals surface area (Å²) in [5.41, 5.74) is 2.12. The highest BCUT2D eigenvalue weighted by Gasteiger charge is 2.18. The Kier molecular flexibility index (Phi) is 8.88. The summed E-state index contributed by atoms with van der Waals surface area (Å²) in [6.07, 6.45) is 0. The van der Waals surface area contributed by atoms with Crippen LogP contribution >= 0.6 is 0 Å². The summed E-state index contributed by atoms with van der Waals surface area (Å²) >= 11 is 0. The third-order valence-electron chi connectivity index (χ3n) is 5.98. The van der Waals surface area contributed by atoms with Gasteiger partial charge in [-0.05, 0) is 81.4 Å². The van der Waals surface area contributed by atoms with Gasteiger partial charge in [0.25, 0.3) is 11.1 Å². The summed E-state index contributed by atoms with van der Waals surface area (Å²) in [4.78, 5) is 37.7. The second-order valence-corrected chi connectivity index (χ2v) is 8.66. The van der Waals surface area contributed by atoms with Crippen LogP contribution < -0.4 is 25.9 Å². The summed E-state index contributed by atoms with van der Waals surface area (Å²) in [7, 11) is 0. The van der Waals surface area contributed by atoms with Gasteiger partial charge in [0.1, 0.15) is 17.5 Å². The lowest BCUT2D eigenvalue weighted by Gasteiger charge is -2.15. The van der Waals surface area contributed by atoms with Crippen LogP contribution in [0, 0.1) is 0 Å². The maximum absolute atomic E-state index is 12.9. The zero-order chi connectivity index (χ0) is 27.8. The summed E-state index contributed by atoms with van der Waals surface area (Å²) in [6.45, 7) is 6.88. The predicted octanol–water partition coefficient (Wildman–Crippen LogP) is 3.31. The zero-order valence-electron chi connectivity index (χ0n) is 22.2. The van der Waals surface area contributed by atoms with E-state index < -0.39 is 17.5 Å². The summed E-state index contributed by atoms with van der Waals surface area (Å²) < 4.78 is 13.4. The monoisotopic (exact) mass is 529 g/mol. The predicted molar refractivity (Wildman–Crippen MR) is 148 cm³/mol. The molecule has 10 heteroatoms. The molecule has 0 aliphatic heterocycles.